The fraction of sp³-hybridized carbons (Fsp3) is 0.391. The maximum Gasteiger partial charge on any atom is 0.259 e. The van der Waals surface area contributed by atoms with Gasteiger partial charge in [-0.25, -0.2) is 22.5 Å². The SMILES string of the molecule is CC(C)(O)c1nc(N2C[C@]3(F)CN(C(=O)c4c(F)cccc4-n4nccn4)C[C@]3(F)C2)ccc1F. The lowest BCUT2D eigenvalue weighted by atomic mass is 9.94. The van der Waals surface area contributed by atoms with E-state index in [2.05, 4.69) is 15.2 Å². The van der Waals surface area contributed by atoms with Crippen LogP contribution in [-0.4, -0.2) is 73.4 Å². The molecule has 8 nitrogen and oxygen atoms in total. The first kappa shape index (κ1) is 23.2. The fourth-order valence-electron chi connectivity index (χ4n) is 4.72. The molecule has 1 N–H and O–H groups in total. The van der Waals surface area contributed by atoms with Crippen molar-refractivity contribution in [3.63, 3.8) is 0 Å². The molecular formula is C23H22F4N6O2. The van der Waals surface area contributed by atoms with Crippen molar-refractivity contribution in [1.29, 1.82) is 0 Å². The van der Waals surface area contributed by atoms with E-state index in [1.54, 1.807) is 0 Å². The van der Waals surface area contributed by atoms with Gasteiger partial charge in [-0.3, -0.25) is 4.79 Å². The number of aliphatic hydroxyl groups is 1. The van der Waals surface area contributed by atoms with Crippen molar-refractivity contribution in [3.05, 3.63) is 65.6 Å². The lowest BCUT2D eigenvalue weighted by Gasteiger charge is -2.25. The summed E-state index contributed by atoms with van der Waals surface area (Å²) >= 11 is 0. The highest BCUT2D eigenvalue weighted by atomic mass is 19.2. The molecule has 2 aliphatic heterocycles. The first-order valence-electron chi connectivity index (χ1n) is 10.9. The molecule has 2 saturated heterocycles. The average molecular weight is 490 g/mol. The maximum absolute atomic E-state index is 15.9. The molecule has 4 heterocycles. The number of hydrogen-bond donors (Lipinski definition) is 1. The number of fused-ring (bicyclic) bond motifs is 1. The summed E-state index contributed by atoms with van der Waals surface area (Å²) in [5.74, 6) is -2.38. The van der Waals surface area contributed by atoms with Crippen molar-refractivity contribution in [2.24, 2.45) is 0 Å². The number of anilines is 1. The largest absolute Gasteiger partial charge is 0.384 e. The summed E-state index contributed by atoms with van der Waals surface area (Å²) in [6, 6.07) is 6.26. The first-order valence-corrected chi connectivity index (χ1v) is 10.9. The van der Waals surface area contributed by atoms with Gasteiger partial charge in [-0.1, -0.05) is 6.07 Å². The van der Waals surface area contributed by atoms with Crippen LogP contribution >= 0.6 is 0 Å². The van der Waals surface area contributed by atoms with E-state index in [9.17, 15) is 18.7 Å². The van der Waals surface area contributed by atoms with Crippen molar-refractivity contribution in [1.82, 2.24) is 24.9 Å². The molecule has 5 rings (SSSR count). The number of aromatic nitrogens is 4. The Kier molecular flexibility index (Phi) is 5.13. The molecule has 0 saturated carbocycles. The summed E-state index contributed by atoms with van der Waals surface area (Å²) in [7, 11) is 0. The smallest absolute Gasteiger partial charge is 0.259 e. The maximum atomic E-state index is 15.9. The number of halogens is 4. The van der Waals surface area contributed by atoms with Gasteiger partial charge in [0.15, 0.2) is 11.3 Å². The number of hydrogen-bond acceptors (Lipinski definition) is 6. The third kappa shape index (κ3) is 3.72. The van der Waals surface area contributed by atoms with Crippen LogP contribution in [-0.2, 0) is 5.60 Å². The first-order chi connectivity index (χ1) is 16.4. The third-order valence-electron chi connectivity index (χ3n) is 6.43. The quantitative estimate of drug-likeness (QED) is 0.566. The van der Waals surface area contributed by atoms with Gasteiger partial charge in [0.2, 0.25) is 0 Å². The highest BCUT2D eigenvalue weighted by molar-refractivity contribution is 5.98. The van der Waals surface area contributed by atoms with Crippen molar-refractivity contribution in [3.8, 4) is 5.69 Å². The van der Waals surface area contributed by atoms with Gasteiger partial charge >= 0.3 is 0 Å². The highest BCUT2D eigenvalue weighted by Crippen LogP contribution is 2.46. The van der Waals surface area contributed by atoms with Crippen LogP contribution in [0.4, 0.5) is 23.4 Å². The average Bonchev–Trinajstić information content (AvgIpc) is 3.45. The molecular weight excluding hydrogens is 468 g/mol. The van der Waals surface area contributed by atoms with Gasteiger partial charge in [0.05, 0.1) is 38.6 Å². The Labute approximate surface area is 197 Å². The zero-order valence-electron chi connectivity index (χ0n) is 18.9. The van der Waals surface area contributed by atoms with E-state index in [-0.39, 0.29) is 22.8 Å². The predicted molar refractivity (Wildman–Crippen MR) is 117 cm³/mol. The van der Waals surface area contributed by atoms with E-state index in [1.165, 1.54) is 49.3 Å². The molecule has 2 atom stereocenters. The van der Waals surface area contributed by atoms with Gasteiger partial charge in [0.1, 0.15) is 40.0 Å². The molecule has 35 heavy (non-hydrogen) atoms. The van der Waals surface area contributed by atoms with Crippen LogP contribution in [0.5, 0.6) is 0 Å². The molecule has 184 valence electrons. The van der Waals surface area contributed by atoms with Crippen LogP contribution in [0.25, 0.3) is 5.69 Å². The molecule has 1 amide bonds. The van der Waals surface area contributed by atoms with Crippen LogP contribution < -0.4 is 4.90 Å². The highest BCUT2D eigenvalue weighted by Gasteiger charge is 2.66. The predicted octanol–water partition coefficient (Wildman–Crippen LogP) is 2.56. The minimum absolute atomic E-state index is 0.0502. The number of amides is 1. The van der Waals surface area contributed by atoms with E-state index < -0.39 is 60.7 Å². The van der Waals surface area contributed by atoms with E-state index in [0.717, 1.165) is 21.8 Å². The summed E-state index contributed by atoms with van der Waals surface area (Å²) in [5, 5.41) is 18.0. The van der Waals surface area contributed by atoms with Gasteiger partial charge in [-0.2, -0.15) is 15.0 Å². The van der Waals surface area contributed by atoms with Crippen molar-refractivity contribution in [2.75, 3.05) is 31.1 Å². The second kappa shape index (κ2) is 7.74. The number of pyridine rings is 1. The molecule has 0 unspecified atom stereocenters. The fourth-order valence-corrected chi connectivity index (χ4v) is 4.72. The third-order valence-corrected chi connectivity index (χ3v) is 6.43. The summed E-state index contributed by atoms with van der Waals surface area (Å²) in [4.78, 5) is 20.6. The monoisotopic (exact) mass is 490 g/mol. The zero-order chi connectivity index (χ0) is 25.2. The number of nitrogens with zero attached hydrogens (tertiary/aromatic N) is 6. The van der Waals surface area contributed by atoms with Gasteiger partial charge in [-0.05, 0) is 38.1 Å². The van der Waals surface area contributed by atoms with E-state index in [0.29, 0.717) is 0 Å². The minimum atomic E-state index is -2.47. The number of benzene rings is 1. The molecule has 0 bridgehead atoms. The molecule has 0 aliphatic carbocycles. The van der Waals surface area contributed by atoms with E-state index in [4.69, 9.17) is 0 Å². The van der Waals surface area contributed by atoms with Crippen molar-refractivity contribution >= 4 is 11.7 Å². The minimum Gasteiger partial charge on any atom is -0.384 e. The normalized spacial score (nSPS) is 24.2. The Morgan fingerprint density at radius 3 is 2.20 bits per heavy atom. The molecule has 2 fully saturated rings. The second-order valence-corrected chi connectivity index (χ2v) is 9.46. The number of alkyl halides is 2. The van der Waals surface area contributed by atoms with Gasteiger partial charge in [-0.15, -0.1) is 0 Å². The van der Waals surface area contributed by atoms with Gasteiger partial charge in [0.25, 0.3) is 5.91 Å². The van der Waals surface area contributed by atoms with E-state index >= 15 is 8.78 Å². The lowest BCUT2D eigenvalue weighted by molar-refractivity contribution is 0.0491. The zero-order valence-corrected chi connectivity index (χ0v) is 18.9. The number of likely N-dealkylation sites (tertiary alicyclic amines) is 1. The summed E-state index contributed by atoms with van der Waals surface area (Å²) < 4.78 is 60.7. The van der Waals surface area contributed by atoms with Gasteiger partial charge in [0, 0.05) is 0 Å². The van der Waals surface area contributed by atoms with Crippen molar-refractivity contribution < 1.29 is 27.5 Å². The molecule has 1 aromatic carbocycles. The van der Waals surface area contributed by atoms with Crippen molar-refractivity contribution in [2.45, 2.75) is 30.8 Å². The van der Waals surface area contributed by atoms with Crippen LogP contribution in [0.15, 0.2) is 42.7 Å². The number of rotatable bonds is 4. The number of carbonyl (C=O) groups excluding carboxylic acids is 1. The number of carbonyl (C=O) groups is 1. The molecule has 3 aromatic rings. The summed E-state index contributed by atoms with van der Waals surface area (Å²) in [6.07, 6.45) is 2.71. The Morgan fingerprint density at radius 1 is 0.971 bits per heavy atom. The van der Waals surface area contributed by atoms with Crippen LogP contribution in [0, 0.1) is 11.6 Å². The molecule has 2 aliphatic rings. The molecule has 12 heteroatoms. The Morgan fingerprint density at radius 2 is 1.60 bits per heavy atom. The summed E-state index contributed by atoms with van der Waals surface area (Å²) in [6.45, 7) is 0.572. The second-order valence-electron chi connectivity index (χ2n) is 9.46. The Bertz CT molecular complexity index is 1280. The molecule has 0 spiro atoms. The standard InChI is InChI=1S/C23H22F4N6O2/c1-21(2,35)19-15(25)6-7-17(30-19)31-10-22(26)12-32(13-23(22,27)11-31)20(34)18-14(24)4-3-5-16(18)33-28-8-9-29-33/h3-9,35H,10-13H2,1-2H3/t22-,23+. The molecule has 0 radical (unpaired) electrons. The van der Waals surface area contributed by atoms with Gasteiger partial charge < -0.3 is 14.9 Å². The van der Waals surface area contributed by atoms with Crippen LogP contribution in [0.1, 0.15) is 29.9 Å². The Hall–Kier alpha value is -3.54. The lowest BCUT2D eigenvalue weighted by Crippen LogP contribution is -2.44. The van der Waals surface area contributed by atoms with E-state index in [1.807, 2.05) is 0 Å². The molecule has 2 aromatic heterocycles. The summed E-state index contributed by atoms with van der Waals surface area (Å²) in [5.41, 5.74) is -7.12. The Balaban J connectivity index is 1.41. The van der Waals surface area contributed by atoms with Crippen LogP contribution in [0.2, 0.25) is 0 Å². The topological polar surface area (TPSA) is 87.4 Å². The van der Waals surface area contributed by atoms with Crippen LogP contribution in [0.3, 0.4) is 0 Å².